The summed E-state index contributed by atoms with van der Waals surface area (Å²) >= 11 is 0. The van der Waals surface area contributed by atoms with Gasteiger partial charge in [0.15, 0.2) is 0 Å². The number of anilines is 1. The summed E-state index contributed by atoms with van der Waals surface area (Å²) in [4.78, 5) is 0. The lowest BCUT2D eigenvalue weighted by molar-refractivity contribution is 0.0355. The predicted molar refractivity (Wildman–Crippen MR) is 79.5 cm³/mol. The van der Waals surface area contributed by atoms with Crippen LogP contribution in [0.3, 0.4) is 0 Å². The largest absolute Gasteiger partial charge is 0.485 e. The van der Waals surface area contributed by atoms with E-state index in [1.165, 1.54) is 12.1 Å². The molecule has 2 aliphatic heterocycles. The Morgan fingerprint density at radius 2 is 1.74 bits per heavy atom. The zero-order chi connectivity index (χ0) is 11.7. The molecule has 0 aromatic heterocycles. The third-order valence-corrected chi connectivity index (χ3v) is 3.68. The molecule has 19 heavy (non-hydrogen) atoms. The van der Waals surface area contributed by atoms with Crippen LogP contribution in [0, 0.1) is 5.82 Å². The molecule has 0 saturated carbocycles. The van der Waals surface area contributed by atoms with E-state index in [4.69, 9.17) is 4.74 Å². The van der Waals surface area contributed by atoms with Crippen molar-refractivity contribution in [2.75, 3.05) is 25.0 Å². The van der Waals surface area contributed by atoms with Crippen LogP contribution >= 0.6 is 24.8 Å². The van der Waals surface area contributed by atoms with E-state index in [-0.39, 0.29) is 36.2 Å². The van der Waals surface area contributed by atoms with Crippen LogP contribution in [0.2, 0.25) is 0 Å². The number of nitrogens with one attached hydrogen (secondary N) is 2. The van der Waals surface area contributed by atoms with Gasteiger partial charge >= 0.3 is 0 Å². The lowest BCUT2D eigenvalue weighted by atomic mass is 9.89. The molecule has 1 aromatic rings. The van der Waals surface area contributed by atoms with Crippen molar-refractivity contribution < 1.29 is 9.13 Å². The number of hydrogen-bond acceptors (Lipinski definition) is 3. The maximum Gasteiger partial charge on any atom is 0.143 e. The molecule has 1 saturated heterocycles. The van der Waals surface area contributed by atoms with Crippen LogP contribution in [0.5, 0.6) is 5.75 Å². The summed E-state index contributed by atoms with van der Waals surface area (Å²) in [5.74, 6) is 0.562. The Morgan fingerprint density at radius 3 is 2.47 bits per heavy atom. The van der Waals surface area contributed by atoms with E-state index in [1.807, 2.05) is 0 Å². The minimum Gasteiger partial charge on any atom is -0.485 e. The van der Waals surface area contributed by atoms with Crippen LogP contribution in [0.1, 0.15) is 19.3 Å². The Bertz CT molecular complexity index is 425. The molecule has 3 rings (SSSR count). The summed E-state index contributed by atoms with van der Waals surface area (Å²) in [5, 5.41) is 6.60. The number of piperidine rings is 1. The fourth-order valence-electron chi connectivity index (χ4n) is 2.67. The van der Waals surface area contributed by atoms with Crippen molar-refractivity contribution in [2.24, 2.45) is 0 Å². The fourth-order valence-corrected chi connectivity index (χ4v) is 2.67. The maximum absolute atomic E-state index is 13.2. The van der Waals surface area contributed by atoms with Gasteiger partial charge in [-0.25, -0.2) is 4.39 Å². The van der Waals surface area contributed by atoms with Crippen molar-refractivity contribution in [2.45, 2.75) is 24.9 Å². The third kappa shape index (κ3) is 3.44. The van der Waals surface area contributed by atoms with E-state index < -0.39 is 0 Å². The van der Waals surface area contributed by atoms with Crippen LogP contribution in [0.4, 0.5) is 10.1 Å². The molecule has 2 aliphatic rings. The second-order valence-electron chi connectivity index (χ2n) is 4.85. The van der Waals surface area contributed by atoms with Gasteiger partial charge in [-0.3, -0.25) is 0 Å². The lowest BCUT2D eigenvalue weighted by Gasteiger charge is -2.36. The first-order valence-electron chi connectivity index (χ1n) is 6.21. The van der Waals surface area contributed by atoms with Crippen molar-refractivity contribution in [1.29, 1.82) is 0 Å². The van der Waals surface area contributed by atoms with Crippen molar-refractivity contribution in [3.63, 3.8) is 0 Å². The Morgan fingerprint density at radius 1 is 1.05 bits per heavy atom. The minimum atomic E-state index is -0.221. The molecule has 108 valence electrons. The summed E-state index contributed by atoms with van der Waals surface area (Å²) in [5.41, 5.74) is 0.710. The zero-order valence-corrected chi connectivity index (χ0v) is 12.2. The van der Waals surface area contributed by atoms with Gasteiger partial charge in [-0.2, -0.15) is 0 Å². The molecule has 2 N–H and O–H groups in total. The number of ether oxygens (including phenoxy) is 1. The highest BCUT2D eigenvalue weighted by Gasteiger charge is 2.35. The second-order valence-corrected chi connectivity index (χ2v) is 4.85. The van der Waals surface area contributed by atoms with Crippen molar-refractivity contribution in [1.82, 2.24) is 5.32 Å². The summed E-state index contributed by atoms with van der Waals surface area (Å²) in [6, 6.07) is 4.70. The molecule has 0 atom stereocenters. The number of fused-ring (bicyclic) bond motifs is 1. The van der Waals surface area contributed by atoms with Gasteiger partial charge in [-0.15, -0.1) is 24.8 Å². The highest BCUT2D eigenvalue weighted by atomic mass is 35.5. The average molecular weight is 309 g/mol. The van der Waals surface area contributed by atoms with E-state index in [0.717, 1.165) is 50.3 Å². The second kappa shape index (κ2) is 6.64. The third-order valence-electron chi connectivity index (χ3n) is 3.68. The molecule has 0 bridgehead atoms. The smallest absolute Gasteiger partial charge is 0.143 e. The van der Waals surface area contributed by atoms with Gasteiger partial charge in [0.05, 0.1) is 5.69 Å². The highest BCUT2D eigenvalue weighted by Crippen LogP contribution is 2.37. The summed E-state index contributed by atoms with van der Waals surface area (Å²) in [6.07, 6.45) is 3.02. The van der Waals surface area contributed by atoms with Crippen LogP contribution < -0.4 is 15.4 Å². The minimum absolute atomic E-state index is 0. The van der Waals surface area contributed by atoms with Gasteiger partial charge < -0.3 is 15.4 Å². The standard InChI is InChI=1S/C13H17FN2O.2ClH/c14-10-1-2-12-11(9-10)16-8-5-13(17-12)3-6-15-7-4-13;;/h1-2,9,15-16H,3-8H2;2*1H. The van der Waals surface area contributed by atoms with Crippen molar-refractivity contribution in [3.05, 3.63) is 24.0 Å². The Labute approximate surface area is 125 Å². The van der Waals surface area contributed by atoms with E-state index in [9.17, 15) is 4.39 Å². The highest BCUT2D eigenvalue weighted by molar-refractivity contribution is 5.85. The Balaban J connectivity index is 0.000000902. The van der Waals surface area contributed by atoms with E-state index >= 15 is 0 Å². The topological polar surface area (TPSA) is 33.3 Å². The lowest BCUT2D eigenvalue weighted by Crippen LogP contribution is -2.46. The van der Waals surface area contributed by atoms with Gasteiger partial charge in [-0.05, 0) is 38.1 Å². The molecular formula is C13H19Cl2FN2O. The molecule has 0 aliphatic carbocycles. The number of rotatable bonds is 0. The monoisotopic (exact) mass is 308 g/mol. The van der Waals surface area contributed by atoms with Gasteiger partial charge in [0.2, 0.25) is 0 Å². The SMILES string of the molecule is Cl.Cl.Fc1ccc2c(c1)NCCC1(CCNCC1)O2. The summed E-state index contributed by atoms with van der Waals surface area (Å²) in [6.45, 7) is 2.84. The quantitative estimate of drug-likeness (QED) is 0.773. The molecular weight excluding hydrogens is 290 g/mol. The molecule has 1 fully saturated rings. The Hall–Kier alpha value is -0.710. The molecule has 3 nitrogen and oxygen atoms in total. The summed E-state index contributed by atoms with van der Waals surface area (Å²) in [7, 11) is 0. The maximum atomic E-state index is 13.2. The zero-order valence-electron chi connectivity index (χ0n) is 10.6. The average Bonchev–Trinajstić information content (AvgIpc) is 2.49. The van der Waals surface area contributed by atoms with Crippen molar-refractivity contribution >= 4 is 30.5 Å². The molecule has 0 amide bonds. The first-order valence-corrected chi connectivity index (χ1v) is 6.21. The Kier molecular flexibility index (Phi) is 5.71. The molecule has 6 heteroatoms. The number of benzene rings is 1. The normalized spacial score (nSPS) is 19.8. The van der Waals surface area contributed by atoms with Crippen LogP contribution in [0.25, 0.3) is 0 Å². The van der Waals surface area contributed by atoms with E-state index in [2.05, 4.69) is 10.6 Å². The summed E-state index contributed by atoms with van der Waals surface area (Å²) < 4.78 is 19.3. The first-order chi connectivity index (χ1) is 8.27. The van der Waals surface area contributed by atoms with Crippen LogP contribution in [-0.2, 0) is 0 Å². The number of hydrogen-bond donors (Lipinski definition) is 2. The van der Waals surface area contributed by atoms with Gasteiger partial charge in [0.25, 0.3) is 0 Å². The van der Waals surface area contributed by atoms with Gasteiger partial charge in [-0.1, -0.05) is 0 Å². The fraction of sp³-hybridized carbons (Fsp3) is 0.538. The van der Waals surface area contributed by atoms with Gasteiger partial charge in [0.1, 0.15) is 17.2 Å². The molecule has 1 spiro atoms. The van der Waals surface area contributed by atoms with Crippen LogP contribution in [0.15, 0.2) is 18.2 Å². The molecule has 0 unspecified atom stereocenters. The van der Waals surface area contributed by atoms with Crippen molar-refractivity contribution in [3.8, 4) is 5.75 Å². The first kappa shape index (κ1) is 16.3. The van der Waals surface area contributed by atoms with Gasteiger partial charge in [0, 0.05) is 19.0 Å². The van der Waals surface area contributed by atoms with E-state index in [0.29, 0.717) is 0 Å². The molecule has 1 aromatic carbocycles. The molecule has 0 radical (unpaired) electrons. The number of halogens is 3. The molecule has 2 heterocycles. The van der Waals surface area contributed by atoms with E-state index in [1.54, 1.807) is 6.07 Å². The van der Waals surface area contributed by atoms with Crippen LogP contribution in [-0.4, -0.2) is 25.2 Å². The predicted octanol–water partition coefficient (Wildman–Crippen LogP) is 2.99.